The van der Waals surface area contributed by atoms with Crippen molar-refractivity contribution in [3.63, 3.8) is 0 Å². The molecule has 0 radical (unpaired) electrons. The predicted molar refractivity (Wildman–Crippen MR) is 85.4 cm³/mol. The summed E-state index contributed by atoms with van der Waals surface area (Å²) >= 11 is 1.25. The summed E-state index contributed by atoms with van der Waals surface area (Å²) in [6.45, 7) is 3.09. The Kier molecular flexibility index (Phi) is 4.75. The molecule has 1 aliphatic carbocycles. The first-order valence-corrected chi connectivity index (χ1v) is 8.77. The number of carbonyl (C=O) groups excluding carboxylic acids is 1. The van der Waals surface area contributed by atoms with Gasteiger partial charge in [-0.05, 0) is 31.7 Å². The lowest BCUT2D eigenvalue weighted by Gasteiger charge is -2.31. The molecule has 1 amide bonds. The second kappa shape index (κ2) is 6.75. The lowest BCUT2D eigenvalue weighted by molar-refractivity contribution is 0.0950. The fourth-order valence-electron chi connectivity index (χ4n) is 3.52. The van der Waals surface area contributed by atoms with Crippen LogP contribution in [-0.2, 0) is 0 Å². The molecule has 1 saturated heterocycles. The topological polar surface area (TPSA) is 71.2 Å². The number of anilines is 1. The van der Waals surface area contributed by atoms with E-state index in [2.05, 4.69) is 15.2 Å². The van der Waals surface area contributed by atoms with Crippen molar-refractivity contribution in [2.75, 3.05) is 25.4 Å². The molecule has 116 valence electrons. The fraction of sp³-hybridized carbons (Fsp3) is 0.733. The van der Waals surface area contributed by atoms with Crippen LogP contribution >= 0.6 is 11.3 Å². The number of hydrogen-bond acceptors (Lipinski definition) is 5. The van der Waals surface area contributed by atoms with Crippen molar-refractivity contribution in [1.29, 1.82) is 0 Å². The van der Waals surface area contributed by atoms with Crippen LogP contribution in [0, 0.1) is 5.92 Å². The average molecular weight is 308 g/mol. The van der Waals surface area contributed by atoms with Gasteiger partial charge in [0.25, 0.3) is 5.91 Å². The molecule has 5 nitrogen and oxygen atoms in total. The van der Waals surface area contributed by atoms with Crippen LogP contribution < -0.4 is 11.1 Å². The first-order chi connectivity index (χ1) is 10.2. The van der Waals surface area contributed by atoms with E-state index in [1.807, 2.05) is 0 Å². The van der Waals surface area contributed by atoms with Gasteiger partial charge in [-0.2, -0.15) is 0 Å². The minimum Gasteiger partial charge on any atom is -0.375 e. The maximum Gasteiger partial charge on any atom is 0.263 e. The van der Waals surface area contributed by atoms with Crippen LogP contribution in [0.3, 0.4) is 0 Å². The van der Waals surface area contributed by atoms with Crippen molar-refractivity contribution in [2.24, 2.45) is 5.92 Å². The molecule has 2 heterocycles. The van der Waals surface area contributed by atoms with Gasteiger partial charge in [0.05, 0.1) is 6.20 Å². The number of nitrogens with two attached hydrogens (primary N) is 1. The number of likely N-dealkylation sites (tertiary alicyclic amines) is 1. The van der Waals surface area contributed by atoms with Crippen LogP contribution in [0.2, 0.25) is 0 Å². The zero-order valence-corrected chi connectivity index (χ0v) is 13.2. The Hall–Kier alpha value is -1.14. The van der Waals surface area contributed by atoms with E-state index in [-0.39, 0.29) is 5.91 Å². The molecule has 1 aliphatic heterocycles. The van der Waals surface area contributed by atoms with Crippen LogP contribution in [0.1, 0.15) is 48.2 Å². The van der Waals surface area contributed by atoms with Gasteiger partial charge in [0, 0.05) is 19.1 Å². The summed E-state index contributed by atoms with van der Waals surface area (Å²) in [7, 11) is 0. The number of carbonyl (C=O) groups is 1. The molecule has 1 aromatic heterocycles. The monoisotopic (exact) mass is 308 g/mol. The van der Waals surface area contributed by atoms with E-state index in [0.29, 0.717) is 15.9 Å². The molecule has 1 aromatic rings. The van der Waals surface area contributed by atoms with Gasteiger partial charge in [0.2, 0.25) is 0 Å². The predicted octanol–water partition coefficient (Wildman–Crippen LogP) is 2.11. The van der Waals surface area contributed by atoms with E-state index in [1.165, 1.54) is 56.4 Å². The van der Waals surface area contributed by atoms with Gasteiger partial charge >= 0.3 is 0 Å². The summed E-state index contributed by atoms with van der Waals surface area (Å²) in [4.78, 5) is 19.2. The van der Waals surface area contributed by atoms with Gasteiger partial charge in [-0.1, -0.05) is 30.6 Å². The van der Waals surface area contributed by atoms with Gasteiger partial charge in [-0.25, -0.2) is 4.98 Å². The smallest absolute Gasteiger partial charge is 0.263 e. The average Bonchev–Trinajstić information content (AvgIpc) is 3.15. The Labute approximate surface area is 129 Å². The highest BCUT2D eigenvalue weighted by atomic mass is 32.1. The minimum atomic E-state index is -0.0414. The summed E-state index contributed by atoms with van der Waals surface area (Å²) < 4.78 is 0. The molecule has 0 unspecified atom stereocenters. The second-order valence-electron chi connectivity index (χ2n) is 6.21. The van der Waals surface area contributed by atoms with Crippen molar-refractivity contribution in [2.45, 2.75) is 44.6 Å². The van der Waals surface area contributed by atoms with Gasteiger partial charge in [-0.15, -0.1) is 0 Å². The Bertz CT molecular complexity index is 484. The van der Waals surface area contributed by atoms with Crippen molar-refractivity contribution >= 4 is 22.4 Å². The Balaban J connectivity index is 1.43. The molecule has 0 spiro atoms. The van der Waals surface area contributed by atoms with E-state index < -0.39 is 0 Å². The van der Waals surface area contributed by atoms with E-state index >= 15 is 0 Å². The standard InChI is InChI=1S/C15H24N4OS/c16-15-18-9-13(21-15)14(20)17-8-11-6-7-19(10-11)12-4-2-1-3-5-12/h9,11-12H,1-8,10H2,(H2,16,18)(H,17,20)/t11-/m1/s1. The number of rotatable bonds is 4. The largest absolute Gasteiger partial charge is 0.375 e. The number of nitrogen functional groups attached to an aromatic ring is 1. The van der Waals surface area contributed by atoms with Crippen molar-refractivity contribution in [3.8, 4) is 0 Å². The van der Waals surface area contributed by atoms with Gasteiger partial charge in [0.15, 0.2) is 5.13 Å². The summed E-state index contributed by atoms with van der Waals surface area (Å²) in [5.41, 5.74) is 5.56. The molecule has 21 heavy (non-hydrogen) atoms. The molecule has 0 bridgehead atoms. The summed E-state index contributed by atoms with van der Waals surface area (Å²) in [5.74, 6) is 0.543. The summed E-state index contributed by atoms with van der Waals surface area (Å²) in [6.07, 6.45) is 9.64. The van der Waals surface area contributed by atoms with Gasteiger partial charge < -0.3 is 16.0 Å². The summed E-state index contributed by atoms with van der Waals surface area (Å²) in [5, 5.41) is 3.48. The number of hydrogen-bond donors (Lipinski definition) is 2. The SMILES string of the molecule is Nc1ncc(C(=O)NC[C@H]2CCN(C3CCCCC3)C2)s1. The Morgan fingerprint density at radius 3 is 2.90 bits per heavy atom. The van der Waals surface area contributed by atoms with E-state index in [9.17, 15) is 4.79 Å². The molecule has 1 saturated carbocycles. The number of amides is 1. The molecule has 6 heteroatoms. The third-order valence-electron chi connectivity index (χ3n) is 4.71. The van der Waals surface area contributed by atoms with Crippen molar-refractivity contribution in [1.82, 2.24) is 15.2 Å². The second-order valence-corrected chi connectivity index (χ2v) is 7.28. The minimum absolute atomic E-state index is 0.0414. The van der Waals surface area contributed by atoms with Gasteiger partial charge in [-0.3, -0.25) is 4.79 Å². The van der Waals surface area contributed by atoms with Crippen LogP contribution in [0.25, 0.3) is 0 Å². The molecule has 1 atom stereocenters. The van der Waals surface area contributed by atoms with Crippen LogP contribution in [0.4, 0.5) is 5.13 Å². The molecule has 0 aromatic carbocycles. The Morgan fingerprint density at radius 2 is 2.19 bits per heavy atom. The highest BCUT2D eigenvalue weighted by Gasteiger charge is 2.29. The molecule has 2 aliphatic rings. The lowest BCUT2D eigenvalue weighted by atomic mass is 9.94. The molecular formula is C15H24N4OS. The van der Waals surface area contributed by atoms with E-state index in [4.69, 9.17) is 5.73 Å². The fourth-order valence-corrected chi connectivity index (χ4v) is 4.12. The van der Waals surface area contributed by atoms with E-state index in [0.717, 1.165) is 19.1 Å². The number of nitrogens with zero attached hydrogens (tertiary/aromatic N) is 2. The highest BCUT2D eigenvalue weighted by molar-refractivity contribution is 7.17. The third kappa shape index (κ3) is 3.74. The van der Waals surface area contributed by atoms with Crippen LogP contribution in [0.15, 0.2) is 6.20 Å². The highest BCUT2D eigenvalue weighted by Crippen LogP contribution is 2.27. The molecule has 3 rings (SSSR count). The normalized spacial score (nSPS) is 24.3. The molecule has 3 N–H and O–H groups in total. The number of aromatic nitrogens is 1. The zero-order valence-electron chi connectivity index (χ0n) is 12.4. The van der Waals surface area contributed by atoms with E-state index in [1.54, 1.807) is 6.20 Å². The van der Waals surface area contributed by atoms with Crippen LogP contribution in [0.5, 0.6) is 0 Å². The zero-order chi connectivity index (χ0) is 14.7. The number of thiazole rings is 1. The van der Waals surface area contributed by atoms with Crippen LogP contribution in [-0.4, -0.2) is 41.5 Å². The molecular weight excluding hydrogens is 284 g/mol. The third-order valence-corrected chi connectivity index (χ3v) is 5.53. The maximum atomic E-state index is 12.0. The quantitative estimate of drug-likeness (QED) is 0.893. The summed E-state index contributed by atoms with van der Waals surface area (Å²) in [6, 6.07) is 0.792. The first-order valence-electron chi connectivity index (χ1n) is 7.96. The Morgan fingerprint density at radius 1 is 1.38 bits per heavy atom. The van der Waals surface area contributed by atoms with Crippen molar-refractivity contribution in [3.05, 3.63) is 11.1 Å². The van der Waals surface area contributed by atoms with Crippen molar-refractivity contribution < 1.29 is 4.79 Å². The molecule has 2 fully saturated rings. The number of nitrogens with one attached hydrogen (secondary N) is 1. The lowest BCUT2D eigenvalue weighted by Crippen LogP contribution is -2.36. The first kappa shape index (κ1) is 14.8. The van der Waals surface area contributed by atoms with Gasteiger partial charge in [0.1, 0.15) is 4.88 Å². The maximum absolute atomic E-state index is 12.0.